The normalized spacial score (nSPS) is 14.3. The van der Waals surface area contributed by atoms with Crippen molar-refractivity contribution in [2.75, 3.05) is 6.61 Å². The second-order valence-electron chi connectivity index (χ2n) is 4.94. The lowest BCUT2D eigenvalue weighted by Gasteiger charge is -2.11. The smallest absolute Gasteiger partial charge is 0.387 e. The van der Waals surface area contributed by atoms with Crippen LogP contribution >= 0.6 is 0 Å². The summed E-state index contributed by atoms with van der Waals surface area (Å²) in [4.78, 5) is 11.9. The molecule has 0 unspecified atom stereocenters. The summed E-state index contributed by atoms with van der Waals surface area (Å²) in [7, 11) is 0. The number of amides is 1. The zero-order chi connectivity index (χ0) is 16.8. The molecule has 0 saturated heterocycles. The van der Waals surface area contributed by atoms with Gasteiger partial charge in [-0.05, 0) is 43.5 Å². The molecule has 1 aliphatic rings. The minimum Gasteiger partial charge on any atom is -0.490 e. The summed E-state index contributed by atoms with van der Waals surface area (Å²) < 4.78 is 34.3. The first-order valence-electron chi connectivity index (χ1n) is 7.17. The van der Waals surface area contributed by atoms with Gasteiger partial charge in [-0.1, -0.05) is 6.07 Å². The van der Waals surface area contributed by atoms with Crippen LogP contribution in [0.5, 0.6) is 11.5 Å². The minimum atomic E-state index is -2.96. The predicted octanol–water partition coefficient (Wildman–Crippen LogP) is 2.87. The van der Waals surface area contributed by atoms with Crippen LogP contribution in [0.15, 0.2) is 23.8 Å². The minimum absolute atomic E-state index is 0.0538. The molecule has 1 N–H and O–H groups in total. The van der Waals surface area contributed by atoms with E-state index in [1.807, 2.05) is 6.07 Å². The third-order valence-electron chi connectivity index (χ3n) is 3.07. The molecule has 7 heteroatoms. The van der Waals surface area contributed by atoms with Gasteiger partial charge in [0, 0.05) is 6.04 Å². The number of carbonyl (C=O) groups excluding carboxylic acids is 1. The number of carbonyl (C=O) groups is 1. The molecule has 0 radical (unpaired) electrons. The molecule has 0 atom stereocenters. The molecule has 0 aromatic heterocycles. The number of halogens is 2. The van der Waals surface area contributed by atoms with E-state index in [1.54, 1.807) is 6.92 Å². The molecule has 1 aromatic rings. The molecular weight excluding hydrogens is 306 g/mol. The van der Waals surface area contributed by atoms with Crippen LogP contribution in [0.2, 0.25) is 0 Å². The number of nitrogens with one attached hydrogen (secondary N) is 1. The molecule has 0 spiro atoms. The summed E-state index contributed by atoms with van der Waals surface area (Å²) >= 11 is 0. The van der Waals surface area contributed by atoms with Gasteiger partial charge in [0.05, 0.1) is 6.61 Å². The van der Waals surface area contributed by atoms with E-state index in [2.05, 4.69) is 10.1 Å². The Kier molecular flexibility index (Phi) is 5.52. The fourth-order valence-electron chi connectivity index (χ4n) is 1.88. The fraction of sp³-hybridized carbons (Fsp3) is 0.375. The average Bonchev–Trinajstić information content (AvgIpc) is 3.30. The quantitative estimate of drug-likeness (QED) is 0.619. The van der Waals surface area contributed by atoms with Crippen molar-refractivity contribution in [3.05, 3.63) is 29.3 Å². The number of benzene rings is 1. The molecule has 2 rings (SSSR count). The maximum absolute atomic E-state index is 12.4. The third kappa shape index (κ3) is 4.95. The number of ether oxygens (including phenoxy) is 2. The largest absolute Gasteiger partial charge is 0.490 e. The number of alkyl halides is 2. The average molecular weight is 322 g/mol. The molecule has 5 nitrogen and oxygen atoms in total. The highest BCUT2D eigenvalue weighted by Crippen LogP contribution is 2.30. The molecule has 1 fully saturated rings. The van der Waals surface area contributed by atoms with E-state index in [1.165, 1.54) is 24.3 Å². The Morgan fingerprint density at radius 2 is 2.22 bits per heavy atom. The Labute approximate surface area is 132 Å². The second kappa shape index (κ2) is 7.58. The van der Waals surface area contributed by atoms with Crippen LogP contribution in [-0.4, -0.2) is 25.2 Å². The zero-order valence-corrected chi connectivity index (χ0v) is 12.5. The monoisotopic (exact) mass is 322 g/mol. The molecule has 1 amide bonds. The maximum Gasteiger partial charge on any atom is 0.387 e. The first-order chi connectivity index (χ1) is 11.0. The number of rotatable bonds is 7. The Morgan fingerprint density at radius 3 is 2.78 bits per heavy atom. The fourth-order valence-corrected chi connectivity index (χ4v) is 1.88. The highest BCUT2D eigenvalue weighted by atomic mass is 19.3. The van der Waals surface area contributed by atoms with Gasteiger partial charge in [0.25, 0.3) is 5.91 Å². The van der Waals surface area contributed by atoms with Crippen LogP contribution < -0.4 is 14.8 Å². The van der Waals surface area contributed by atoms with Crippen LogP contribution in [0, 0.1) is 11.3 Å². The molecule has 0 bridgehead atoms. The lowest BCUT2D eigenvalue weighted by atomic mass is 10.1. The lowest BCUT2D eigenvalue weighted by Crippen LogP contribution is -2.26. The molecule has 0 heterocycles. The molecule has 23 heavy (non-hydrogen) atoms. The summed E-state index contributed by atoms with van der Waals surface area (Å²) in [6.45, 7) is -0.993. The van der Waals surface area contributed by atoms with E-state index in [-0.39, 0.29) is 29.7 Å². The lowest BCUT2D eigenvalue weighted by molar-refractivity contribution is -0.117. The van der Waals surface area contributed by atoms with E-state index in [0.29, 0.717) is 5.56 Å². The van der Waals surface area contributed by atoms with Crippen molar-refractivity contribution in [1.29, 1.82) is 5.26 Å². The van der Waals surface area contributed by atoms with E-state index in [9.17, 15) is 13.6 Å². The van der Waals surface area contributed by atoms with Gasteiger partial charge < -0.3 is 14.8 Å². The second-order valence-corrected chi connectivity index (χ2v) is 4.94. The third-order valence-corrected chi connectivity index (χ3v) is 3.07. The summed E-state index contributed by atoms with van der Waals surface area (Å²) in [6, 6.07) is 6.22. The van der Waals surface area contributed by atoms with Gasteiger partial charge in [-0.2, -0.15) is 14.0 Å². The van der Waals surface area contributed by atoms with Crippen molar-refractivity contribution in [3.63, 3.8) is 0 Å². The number of nitriles is 1. The van der Waals surface area contributed by atoms with E-state index in [0.717, 1.165) is 12.8 Å². The van der Waals surface area contributed by atoms with Gasteiger partial charge in [-0.15, -0.1) is 0 Å². The topological polar surface area (TPSA) is 71.3 Å². The van der Waals surface area contributed by atoms with E-state index >= 15 is 0 Å². The molecule has 0 aliphatic heterocycles. The maximum atomic E-state index is 12.4. The Morgan fingerprint density at radius 1 is 1.48 bits per heavy atom. The van der Waals surface area contributed by atoms with Crippen LogP contribution in [-0.2, 0) is 4.79 Å². The summed E-state index contributed by atoms with van der Waals surface area (Å²) in [5.74, 6) is -0.415. The number of hydrogen-bond donors (Lipinski definition) is 1. The van der Waals surface area contributed by atoms with Crippen molar-refractivity contribution in [3.8, 4) is 17.6 Å². The SMILES string of the molecule is CCOc1cc(/C=C(\C#N)C(=O)NC2CC2)ccc1OC(F)F. The Hall–Kier alpha value is -2.62. The first kappa shape index (κ1) is 16.7. The molecule has 1 aliphatic carbocycles. The van der Waals surface area contributed by atoms with Crippen LogP contribution in [0.25, 0.3) is 6.08 Å². The Bertz CT molecular complexity index is 649. The van der Waals surface area contributed by atoms with Gasteiger partial charge in [0.15, 0.2) is 11.5 Å². The van der Waals surface area contributed by atoms with Crippen molar-refractivity contribution in [2.45, 2.75) is 32.4 Å². The molecular formula is C16H16F2N2O3. The standard InChI is InChI=1S/C16H16F2N2O3/c1-2-22-14-8-10(3-6-13(14)23-16(17)18)7-11(9-19)15(21)20-12-4-5-12/h3,6-8,12,16H,2,4-5H2,1H3,(H,20,21)/b11-7+. The highest BCUT2D eigenvalue weighted by Gasteiger charge is 2.24. The van der Waals surface area contributed by atoms with Crippen LogP contribution in [0.4, 0.5) is 8.78 Å². The summed E-state index contributed by atoms with van der Waals surface area (Å²) in [5.41, 5.74) is 0.430. The van der Waals surface area contributed by atoms with Gasteiger partial charge in [-0.3, -0.25) is 4.79 Å². The first-order valence-corrected chi connectivity index (χ1v) is 7.17. The predicted molar refractivity (Wildman–Crippen MR) is 79.0 cm³/mol. The van der Waals surface area contributed by atoms with Crippen LogP contribution in [0.1, 0.15) is 25.3 Å². The van der Waals surface area contributed by atoms with Gasteiger partial charge in [-0.25, -0.2) is 0 Å². The highest BCUT2D eigenvalue weighted by molar-refractivity contribution is 6.02. The van der Waals surface area contributed by atoms with E-state index < -0.39 is 12.5 Å². The molecule has 1 saturated carbocycles. The molecule has 1 aromatic carbocycles. The number of nitrogens with zero attached hydrogens (tertiary/aromatic N) is 1. The zero-order valence-electron chi connectivity index (χ0n) is 12.5. The van der Waals surface area contributed by atoms with Gasteiger partial charge >= 0.3 is 6.61 Å². The van der Waals surface area contributed by atoms with Crippen molar-refractivity contribution in [2.24, 2.45) is 0 Å². The van der Waals surface area contributed by atoms with Gasteiger partial charge in [0.2, 0.25) is 0 Å². The van der Waals surface area contributed by atoms with E-state index in [4.69, 9.17) is 10.00 Å². The van der Waals surface area contributed by atoms with Crippen LogP contribution in [0.3, 0.4) is 0 Å². The number of hydrogen-bond acceptors (Lipinski definition) is 4. The molecule has 122 valence electrons. The Balaban J connectivity index is 2.23. The van der Waals surface area contributed by atoms with Crippen molar-refractivity contribution in [1.82, 2.24) is 5.32 Å². The van der Waals surface area contributed by atoms with Crippen molar-refractivity contribution >= 4 is 12.0 Å². The summed E-state index contributed by atoms with van der Waals surface area (Å²) in [6.07, 6.45) is 3.21. The summed E-state index contributed by atoms with van der Waals surface area (Å²) in [5, 5.41) is 11.8. The van der Waals surface area contributed by atoms with Gasteiger partial charge in [0.1, 0.15) is 11.6 Å². The van der Waals surface area contributed by atoms with Crippen molar-refractivity contribution < 1.29 is 23.0 Å².